The van der Waals surface area contributed by atoms with Crippen LogP contribution in [0.4, 0.5) is 11.4 Å². The molecule has 3 N–H and O–H groups in total. The summed E-state index contributed by atoms with van der Waals surface area (Å²) < 4.78 is 3.80. The van der Waals surface area contributed by atoms with E-state index in [1.54, 1.807) is 6.07 Å². The number of anilines is 2. The molecule has 0 unspecified atom stereocenters. The average molecular weight is 755 g/mol. The molecule has 12 nitrogen and oxygen atoms in total. The fourth-order valence-electron chi connectivity index (χ4n) is 8.49. The first-order valence-electron chi connectivity index (χ1n) is 19.2. The monoisotopic (exact) mass is 754 g/mol. The lowest BCUT2D eigenvalue weighted by molar-refractivity contribution is -0.143. The van der Waals surface area contributed by atoms with E-state index < -0.39 is 5.97 Å². The third-order valence-electron chi connectivity index (χ3n) is 11.9. The van der Waals surface area contributed by atoms with Crippen LogP contribution in [0.25, 0.3) is 11.1 Å². The van der Waals surface area contributed by atoms with Crippen LogP contribution in [0.5, 0.6) is 0 Å². The zero-order chi connectivity index (χ0) is 38.3. The van der Waals surface area contributed by atoms with Crippen LogP contribution < -0.4 is 10.6 Å². The van der Waals surface area contributed by atoms with E-state index in [2.05, 4.69) is 34.3 Å². The summed E-state index contributed by atoms with van der Waals surface area (Å²) in [6.45, 7) is 10.5. The summed E-state index contributed by atoms with van der Waals surface area (Å²) in [5, 5.41) is 15.8. The zero-order valence-corrected chi connectivity index (χ0v) is 32.7. The van der Waals surface area contributed by atoms with Gasteiger partial charge in [-0.2, -0.15) is 0 Å². The number of carboxylic acid groups (broad SMARTS) is 1. The van der Waals surface area contributed by atoms with Crippen LogP contribution in [0, 0.1) is 18.8 Å². The average Bonchev–Trinajstić information content (AvgIpc) is 3.68. The van der Waals surface area contributed by atoms with E-state index in [1.165, 1.54) is 0 Å². The smallest absolute Gasteiger partial charge is 0.306 e. The van der Waals surface area contributed by atoms with Crippen LogP contribution in [0.1, 0.15) is 95.5 Å². The van der Waals surface area contributed by atoms with Crippen molar-refractivity contribution in [3.63, 3.8) is 0 Å². The molecule has 0 radical (unpaired) electrons. The molecule has 0 saturated heterocycles. The number of carboxylic acids is 1. The van der Waals surface area contributed by atoms with Crippen molar-refractivity contribution in [2.45, 2.75) is 84.8 Å². The first kappa shape index (κ1) is 37.8. The van der Waals surface area contributed by atoms with Crippen molar-refractivity contribution in [3.8, 4) is 11.1 Å². The lowest BCUT2D eigenvalue weighted by Gasteiger charge is -2.30. The SMILES string of the molecule is Cc1c(NC(=O)c2nc3c(n2C)CCN(C(C)C)C3)cccc1-c1cccc(NC(=O)c2nc3c(n2C)CCN(CC[C@H]2CC[C@H](C(=O)O)CC2)C3)c1Cl. The summed E-state index contributed by atoms with van der Waals surface area (Å²) >= 11 is 7.01. The number of fused-ring (bicyclic) bond motifs is 2. The van der Waals surface area contributed by atoms with Crippen molar-refractivity contribution < 1.29 is 19.5 Å². The van der Waals surface area contributed by atoms with Crippen LogP contribution in [0.2, 0.25) is 5.02 Å². The summed E-state index contributed by atoms with van der Waals surface area (Å²) in [5.74, 6) is -0.170. The fraction of sp³-hybridized carbons (Fsp3) is 0.488. The van der Waals surface area contributed by atoms with Crippen molar-refractivity contribution in [2.75, 3.05) is 30.3 Å². The van der Waals surface area contributed by atoms with Gasteiger partial charge in [-0.25, -0.2) is 9.97 Å². The molecule has 13 heteroatoms. The molecule has 54 heavy (non-hydrogen) atoms. The first-order chi connectivity index (χ1) is 25.9. The number of halogens is 1. The van der Waals surface area contributed by atoms with E-state index in [0.717, 1.165) is 111 Å². The Morgan fingerprint density at radius 1 is 0.833 bits per heavy atom. The Kier molecular flexibility index (Phi) is 11.0. The molecule has 2 aromatic carbocycles. The van der Waals surface area contributed by atoms with Gasteiger partial charge in [-0.05, 0) is 88.6 Å². The van der Waals surface area contributed by atoms with Crippen LogP contribution in [-0.4, -0.2) is 77.5 Å². The predicted octanol–water partition coefficient (Wildman–Crippen LogP) is 6.69. The van der Waals surface area contributed by atoms with Gasteiger partial charge in [0, 0.05) is 81.8 Å². The minimum Gasteiger partial charge on any atom is -0.481 e. The second-order valence-corrected chi connectivity index (χ2v) is 15.9. The second-order valence-electron chi connectivity index (χ2n) is 15.5. The molecular weight excluding hydrogens is 704 g/mol. The van der Waals surface area contributed by atoms with E-state index in [1.807, 2.05) is 60.5 Å². The van der Waals surface area contributed by atoms with Gasteiger partial charge in [0.2, 0.25) is 0 Å². The van der Waals surface area contributed by atoms with Crippen molar-refractivity contribution in [2.24, 2.45) is 25.9 Å². The maximum atomic E-state index is 13.7. The largest absolute Gasteiger partial charge is 0.481 e. The Morgan fingerprint density at radius 3 is 2.04 bits per heavy atom. The minimum absolute atomic E-state index is 0.190. The molecule has 0 atom stereocenters. The molecule has 3 aliphatic rings. The molecular formula is C41H51ClN8O4. The molecule has 7 rings (SSSR count). The predicted molar refractivity (Wildman–Crippen MR) is 210 cm³/mol. The van der Waals surface area contributed by atoms with E-state index in [4.69, 9.17) is 21.6 Å². The number of imidazole rings is 2. The lowest BCUT2D eigenvalue weighted by atomic mass is 9.80. The number of amides is 2. The summed E-state index contributed by atoms with van der Waals surface area (Å²) in [6, 6.07) is 11.7. The minimum atomic E-state index is -0.664. The number of nitrogens with zero attached hydrogens (tertiary/aromatic N) is 6. The number of nitrogens with one attached hydrogen (secondary N) is 2. The quantitative estimate of drug-likeness (QED) is 0.163. The first-order valence-corrected chi connectivity index (χ1v) is 19.6. The second kappa shape index (κ2) is 15.7. The van der Waals surface area contributed by atoms with Crippen molar-refractivity contribution in [3.05, 3.63) is 81.4 Å². The number of benzene rings is 2. The lowest BCUT2D eigenvalue weighted by Crippen LogP contribution is -2.36. The summed E-state index contributed by atoms with van der Waals surface area (Å²) in [7, 11) is 3.79. The van der Waals surface area contributed by atoms with E-state index in [0.29, 0.717) is 46.6 Å². The Hall–Kier alpha value is -4.52. The molecule has 1 fully saturated rings. The number of aromatic nitrogens is 4. The van der Waals surface area contributed by atoms with Crippen LogP contribution >= 0.6 is 11.6 Å². The van der Waals surface area contributed by atoms with Gasteiger partial charge in [-0.1, -0.05) is 35.9 Å². The number of hydrogen-bond acceptors (Lipinski definition) is 7. The van der Waals surface area contributed by atoms with Crippen LogP contribution in [0.15, 0.2) is 36.4 Å². The molecule has 286 valence electrons. The number of rotatable bonds is 10. The highest BCUT2D eigenvalue weighted by atomic mass is 35.5. The van der Waals surface area contributed by atoms with E-state index in [-0.39, 0.29) is 17.7 Å². The molecule has 1 aliphatic carbocycles. The Balaban J connectivity index is 1.02. The van der Waals surface area contributed by atoms with Gasteiger partial charge in [0.25, 0.3) is 11.8 Å². The normalized spacial score (nSPS) is 19.0. The number of carbonyl (C=O) groups is 3. The van der Waals surface area contributed by atoms with Gasteiger partial charge in [-0.15, -0.1) is 0 Å². The van der Waals surface area contributed by atoms with Gasteiger partial charge in [0.05, 0.1) is 28.0 Å². The highest BCUT2D eigenvalue weighted by Crippen LogP contribution is 2.38. The molecule has 0 bridgehead atoms. The number of aliphatic carboxylic acids is 1. The van der Waals surface area contributed by atoms with Gasteiger partial charge < -0.3 is 24.9 Å². The van der Waals surface area contributed by atoms with Crippen LogP contribution in [-0.2, 0) is 44.8 Å². The summed E-state index contributed by atoms with van der Waals surface area (Å²) in [4.78, 5) is 52.9. The number of hydrogen-bond donors (Lipinski definition) is 3. The molecule has 2 aliphatic heterocycles. The standard InChI is InChI=1S/C41H51ClN8O4/c1-24(2)50-21-18-35-33(23-50)44-37(48(35)5)39(51)45-30-10-6-8-28(25(30)3)29-9-7-11-31(36(29)42)46-40(52)38-43-32-22-49(20-17-34(32)47(38)4)19-16-26-12-14-27(15-13-26)41(53)54/h6-11,24,26-27H,12-23H2,1-5H3,(H,45,51)(H,46,52)(H,53,54)/t26-,27-. The van der Waals surface area contributed by atoms with Gasteiger partial charge in [-0.3, -0.25) is 24.2 Å². The third-order valence-corrected chi connectivity index (χ3v) is 12.3. The van der Waals surface area contributed by atoms with E-state index in [9.17, 15) is 19.5 Å². The van der Waals surface area contributed by atoms with Gasteiger partial charge in [0.15, 0.2) is 11.6 Å². The molecule has 1 saturated carbocycles. The van der Waals surface area contributed by atoms with Crippen molar-refractivity contribution in [1.82, 2.24) is 28.9 Å². The van der Waals surface area contributed by atoms with Crippen LogP contribution in [0.3, 0.4) is 0 Å². The molecule has 4 aromatic rings. The number of carbonyl (C=O) groups excluding carboxylic acids is 2. The molecule has 4 heterocycles. The molecule has 0 spiro atoms. The Labute approximate surface area is 321 Å². The molecule has 2 amide bonds. The zero-order valence-electron chi connectivity index (χ0n) is 31.9. The van der Waals surface area contributed by atoms with E-state index >= 15 is 0 Å². The highest BCUT2D eigenvalue weighted by Gasteiger charge is 2.30. The fourth-order valence-corrected chi connectivity index (χ4v) is 8.76. The molecule has 2 aromatic heterocycles. The maximum Gasteiger partial charge on any atom is 0.306 e. The summed E-state index contributed by atoms with van der Waals surface area (Å²) in [5.41, 5.74) is 7.58. The topological polar surface area (TPSA) is 138 Å². The third kappa shape index (κ3) is 7.56. The highest BCUT2D eigenvalue weighted by molar-refractivity contribution is 6.36. The maximum absolute atomic E-state index is 13.7. The summed E-state index contributed by atoms with van der Waals surface area (Å²) in [6.07, 6.45) is 6.19. The van der Waals surface area contributed by atoms with Gasteiger partial charge >= 0.3 is 5.97 Å². The Morgan fingerprint density at radius 2 is 1.41 bits per heavy atom. The van der Waals surface area contributed by atoms with Crippen molar-refractivity contribution >= 4 is 40.8 Å². The van der Waals surface area contributed by atoms with Crippen molar-refractivity contribution in [1.29, 1.82) is 0 Å². The van der Waals surface area contributed by atoms with Gasteiger partial charge in [0.1, 0.15) is 0 Å². The Bertz CT molecular complexity index is 2080.